The Morgan fingerprint density at radius 2 is 1.14 bits per heavy atom. The third-order valence-electron chi connectivity index (χ3n) is 3.46. The predicted octanol–water partition coefficient (Wildman–Crippen LogP) is 2.29. The molecule has 3 aliphatic rings. The Morgan fingerprint density at radius 1 is 0.714 bits per heavy atom. The Morgan fingerprint density at radius 3 is 1.64 bits per heavy atom. The molecule has 3 aliphatic carbocycles. The Bertz CT molecular complexity index is 348. The van der Waals surface area contributed by atoms with Gasteiger partial charge in [-0.15, -0.1) is 0 Å². The van der Waals surface area contributed by atoms with Gasteiger partial charge in [-0.25, -0.2) is 0 Å². The van der Waals surface area contributed by atoms with Gasteiger partial charge >= 0.3 is 0 Å². The molecule has 3 rings (SSSR count). The highest BCUT2D eigenvalue weighted by Crippen LogP contribution is 2.44. The lowest BCUT2D eigenvalue weighted by atomic mass is 9.83. The van der Waals surface area contributed by atoms with E-state index in [-0.39, 0.29) is 11.8 Å². The molecule has 0 aliphatic heterocycles. The van der Waals surface area contributed by atoms with Crippen molar-refractivity contribution in [1.82, 2.24) is 0 Å². The summed E-state index contributed by atoms with van der Waals surface area (Å²) < 4.78 is 0. The van der Waals surface area contributed by atoms with Crippen LogP contribution >= 0.6 is 0 Å². The summed E-state index contributed by atoms with van der Waals surface area (Å²) in [5, 5.41) is 0. The van der Waals surface area contributed by atoms with Crippen LogP contribution in [-0.2, 0) is 4.79 Å². The maximum atomic E-state index is 12.0. The standard InChI is InChI=1S/C13H12O/c14-13-11-7-3-1-5-9(11)10-6-2-4-8-12(10)13/h1-12H. The largest absolute Gasteiger partial charge is 0.298 e. The molecule has 0 heterocycles. The maximum absolute atomic E-state index is 12.0. The number of carbonyl (C=O) groups excluding carboxylic acids is 1. The summed E-state index contributed by atoms with van der Waals surface area (Å²) in [5.74, 6) is 1.45. The molecule has 4 atom stereocenters. The SMILES string of the molecule is O=C1C2C=CC=CC2C2C=CC=CC12. The van der Waals surface area contributed by atoms with Crippen molar-refractivity contribution in [3.8, 4) is 0 Å². The van der Waals surface area contributed by atoms with Crippen LogP contribution in [-0.4, -0.2) is 5.78 Å². The van der Waals surface area contributed by atoms with Crippen molar-refractivity contribution in [2.45, 2.75) is 0 Å². The zero-order valence-corrected chi connectivity index (χ0v) is 7.84. The van der Waals surface area contributed by atoms with Crippen LogP contribution in [0.15, 0.2) is 48.6 Å². The fourth-order valence-electron chi connectivity index (χ4n) is 2.78. The molecule has 0 saturated heterocycles. The van der Waals surface area contributed by atoms with Crippen LogP contribution in [0.2, 0.25) is 0 Å². The number of carbonyl (C=O) groups is 1. The first-order valence-corrected chi connectivity index (χ1v) is 5.11. The summed E-state index contributed by atoms with van der Waals surface area (Å²) in [5.41, 5.74) is 0. The average molecular weight is 184 g/mol. The first-order valence-electron chi connectivity index (χ1n) is 5.11. The summed E-state index contributed by atoms with van der Waals surface area (Å²) in [4.78, 5) is 12.0. The number of hydrogen-bond donors (Lipinski definition) is 0. The fraction of sp³-hybridized carbons (Fsp3) is 0.308. The molecule has 70 valence electrons. The molecule has 4 unspecified atom stereocenters. The van der Waals surface area contributed by atoms with Gasteiger partial charge in [0.15, 0.2) is 0 Å². The van der Waals surface area contributed by atoms with Crippen molar-refractivity contribution >= 4 is 5.78 Å². The van der Waals surface area contributed by atoms with Crippen LogP contribution in [0.4, 0.5) is 0 Å². The van der Waals surface area contributed by atoms with Gasteiger partial charge in [0, 0.05) is 11.8 Å². The van der Waals surface area contributed by atoms with Crippen LogP contribution in [0.25, 0.3) is 0 Å². The van der Waals surface area contributed by atoms with Crippen molar-refractivity contribution in [2.24, 2.45) is 23.7 Å². The predicted molar refractivity (Wildman–Crippen MR) is 55.5 cm³/mol. The summed E-state index contributed by atoms with van der Waals surface area (Å²) in [7, 11) is 0. The van der Waals surface area contributed by atoms with Crippen LogP contribution in [0.3, 0.4) is 0 Å². The molecule has 0 radical (unpaired) electrons. The molecule has 0 aromatic carbocycles. The summed E-state index contributed by atoms with van der Waals surface area (Å²) in [6.07, 6.45) is 16.5. The van der Waals surface area contributed by atoms with Crippen molar-refractivity contribution in [2.75, 3.05) is 0 Å². The maximum Gasteiger partial charge on any atom is 0.147 e. The average Bonchev–Trinajstić information content (AvgIpc) is 2.55. The normalized spacial score (nSPS) is 42.7. The molecular formula is C13H12O. The zero-order chi connectivity index (χ0) is 9.54. The van der Waals surface area contributed by atoms with E-state index < -0.39 is 0 Å². The molecule has 0 amide bonds. The Hall–Kier alpha value is -1.37. The molecule has 1 heteroatoms. The second-order valence-electron chi connectivity index (χ2n) is 4.15. The van der Waals surface area contributed by atoms with Crippen LogP contribution < -0.4 is 0 Å². The summed E-state index contributed by atoms with van der Waals surface area (Å²) in [6.45, 7) is 0. The molecule has 14 heavy (non-hydrogen) atoms. The molecule has 1 saturated carbocycles. The number of allylic oxidation sites excluding steroid dienone is 8. The smallest absolute Gasteiger partial charge is 0.147 e. The number of hydrogen-bond acceptors (Lipinski definition) is 1. The van der Waals surface area contributed by atoms with Crippen molar-refractivity contribution in [3.63, 3.8) is 0 Å². The van der Waals surface area contributed by atoms with E-state index in [4.69, 9.17) is 0 Å². The third kappa shape index (κ3) is 0.926. The van der Waals surface area contributed by atoms with Crippen LogP contribution in [0.1, 0.15) is 0 Å². The summed E-state index contributed by atoms with van der Waals surface area (Å²) >= 11 is 0. The number of rotatable bonds is 0. The van der Waals surface area contributed by atoms with Gasteiger partial charge in [0.25, 0.3) is 0 Å². The van der Waals surface area contributed by atoms with Crippen molar-refractivity contribution in [3.05, 3.63) is 48.6 Å². The second-order valence-corrected chi connectivity index (χ2v) is 4.15. The van der Waals surface area contributed by atoms with Gasteiger partial charge < -0.3 is 0 Å². The van der Waals surface area contributed by atoms with E-state index >= 15 is 0 Å². The monoisotopic (exact) mass is 184 g/mol. The van der Waals surface area contributed by atoms with Gasteiger partial charge in [-0.3, -0.25) is 4.79 Å². The first-order chi connectivity index (χ1) is 6.88. The molecule has 0 aromatic heterocycles. The molecular weight excluding hydrogens is 172 g/mol. The number of ketones is 1. The van der Waals surface area contributed by atoms with Crippen LogP contribution in [0.5, 0.6) is 0 Å². The quantitative estimate of drug-likeness (QED) is 0.564. The third-order valence-corrected chi connectivity index (χ3v) is 3.46. The molecule has 0 bridgehead atoms. The van der Waals surface area contributed by atoms with Gasteiger partial charge in [0.2, 0.25) is 0 Å². The Balaban J connectivity index is 2.04. The second kappa shape index (κ2) is 2.81. The van der Waals surface area contributed by atoms with E-state index in [0.717, 1.165) is 0 Å². The molecule has 1 fully saturated rings. The van der Waals surface area contributed by atoms with Gasteiger partial charge in [0.05, 0.1) is 0 Å². The topological polar surface area (TPSA) is 17.1 Å². The highest BCUT2D eigenvalue weighted by molar-refractivity contribution is 5.90. The zero-order valence-electron chi connectivity index (χ0n) is 7.84. The lowest BCUT2D eigenvalue weighted by Gasteiger charge is -2.20. The lowest BCUT2D eigenvalue weighted by molar-refractivity contribution is -0.121. The molecule has 0 N–H and O–H groups in total. The van der Waals surface area contributed by atoms with E-state index in [1.54, 1.807) is 0 Å². The fourth-order valence-corrected chi connectivity index (χ4v) is 2.78. The van der Waals surface area contributed by atoms with E-state index in [2.05, 4.69) is 24.3 Å². The first kappa shape index (κ1) is 7.98. The van der Waals surface area contributed by atoms with Crippen molar-refractivity contribution < 1.29 is 4.79 Å². The van der Waals surface area contributed by atoms with Crippen molar-refractivity contribution in [1.29, 1.82) is 0 Å². The van der Waals surface area contributed by atoms with E-state index in [0.29, 0.717) is 17.6 Å². The van der Waals surface area contributed by atoms with Gasteiger partial charge in [-0.05, 0) is 11.8 Å². The van der Waals surface area contributed by atoms with E-state index in [1.807, 2.05) is 24.3 Å². The highest BCUT2D eigenvalue weighted by atomic mass is 16.1. The Labute approximate surface area is 83.5 Å². The lowest BCUT2D eigenvalue weighted by Crippen LogP contribution is -2.14. The minimum absolute atomic E-state index is 0.127. The number of fused-ring (bicyclic) bond motifs is 3. The Kier molecular flexibility index (Phi) is 1.60. The molecule has 0 aromatic rings. The minimum atomic E-state index is 0.127. The molecule has 1 nitrogen and oxygen atoms in total. The summed E-state index contributed by atoms with van der Waals surface area (Å²) in [6, 6.07) is 0. The molecule has 0 spiro atoms. The minimum Gasteiger partial charge on any atom is -0.298 e. The van der Waals surface area contributed by atoms with Gasteiger partial charge in [-0.2, -0.15) is 0 Å². The highest BCUT2D eigenvalue weighted by Gasteiger charge is 2.46. The van der Waals surface area contributed by atoms with Crippen LogP contribution in [0, 0.1) is 23.7 Å². The van der Waals surface area contributed by atoms with Gasteiger partial charge in [-0.1, -0.05) is 48.6 Å². The number of Topliss-reactive ketones (excluding diaryl/α,β-unsaturated/α-hetero) is 1. The van der Waals surface area contributed by atoms with E-state index in [9.17, 15) is 4.79 Å². The van der Waals surface area contributed by atoms with Gasteiger partial charge in [0.1, 0.15) is 5.78 Å². The van der Waals surface area contributed by atoms with E-state index in [1.165, 1.54) is 0 Å².